The average Bonchev–Trinajstić information content (AvgIpc) is 2.97. The number of nitrogens with zero attached hydrogens (tertiary/aromatic N) is 3. The van der Waals surface area contributed by atoms with Gasteiger partial charge < -0.3 is 4.57 Å². The molecule has 0 spiro atoms. The summed E-state index contributed by atoms with van der Waals surface area (Å²) in [6.45, 7) is 12.3. The maximum atomic E-state index is 13.5. The van der Waals surface area contributed by atoms with E-state index in [2.05, 4.69) is 57.4 Å². The van der Waals surface area contributed by atoms with Crippen molar-refractivity contribution in [3.05, 3.63) is 46.9 Å². The van der Waals surface area contributed by atoms with Gasteiger partial charge in [0.2, 0.25) is 0 Å². The van der Waals surface area contributed by atoms with Gasteiger partial charge in [-0.15, -0.1) is 0 Å². The molecule has 0 bridgehead atoms. The molecule has 3 rings (SSSR count). The monoisotopic (exact) mass is 367 g/mol. The number of rotatable bonds is 6. The standard InChI is InChI=1S/C23H30FN3/c1-7-17(12-24)27-13-16(6)23-21(27)11-15(5)22(26-23)18-9-10-20(14(3)4)25-19(18)8-2/h9-11,13-14,17H,7-8,12H2,1-6H3/t17-/m0/s1. The number of aromatic nitrogens is 3. The van der Waals surface area contributed by atoms with Crippen LogP contribution in [0.25, 0.3) is 22.3 Å². The van der Waals surface area contributed by atoms with E-state index in [-0.39, 0.29) is 12.7 Å². The number of alkyl halides is 1. The van der Waals surface area contributed by atoms with Crippen molar-refractivity contribution in [2.45, 2.75) is 66.3 Å². The lowest BCUT2D eigenvalue weighted by Crippen LogP contribution is -2.09. The van der Waals surface area contributed by atoms with Crippen LogP contribution in [0.15, 0.2) is 24.4 Å². The molecule has 0 amide bonds. The minimum Gasteiger partial charge on any atom is -0.340 e. The van der Waals surface area contributed by atoms with Gasteiger partial charge in [-0.05, 0) is 61.9 Å². The molecule has 0 aliphatic carbocycles. The summed E-state index contributed by atoms with van der Waals surface area (Å²) in [5.74, 6) is 0.406. The van der Waals surface area contributed by atoms with Crippen LogP contribution < -0.4 is 0 Å². The van der Waals surface area contributed by atoms with Gasteiger partial charge in [0.1, 0.15) is 6.67 Å². The van der Waals surface area contributed by atoms with Gasteiger partial charge in [-0.1, -0.05) is 27.7 Å². The van der Waals surface area contributed by atoms with E-state index in [4.69, 9.17) is 9.97 Å². The summed E-state index contributed by atoms with van der Waals surface area (Å²) in [6, 6.07) is 6.29. The zero-order chi connectivity index (χ0) is 19.7. The number of aryl methyl sites for hydroxylation is 3. The van der Waals surface area contributed by atoms with Crippen LogP contribution in [0.1, 0.15) is 68.6 Å². The van der Waals surface area contributed by atoms with Gasteiger partial charge >= 0.3 is 0 Å². The fourth-order valence-electron chi connectivity index (χ4n) is 3.71. The van der Waals surface area contributed by atoms with E-state index >= 15 is 0 Å². The molecule has 3 aromatic rings. The van der Waals surface area contributed by atoms with Crippen molar-refractivity contribution >= 4 is 11.0 Å². The first-order chi connectivity index (χ1) is 12.9. The third kappa shape index (κ3) is 3.50. The third-order valence-corrected chi connectivity index (χ3v) is 5.40. The molecule has 1 atom stereocenters. The number of pyridine rings is 2. The van der Waals surface area contributed by atoms with Gasteiger partial charge in [-0.3, -0.25) is 4.98 Å². The van der Waals surface area contributed by atoms with Crippen molar-refractivity contribution in [1.29, 1.82) is 0 Å². The van der Waals surface area contributed by atoms with Crippen molar-refractivity contribution < 1.29 is 4.39 Å². The topological polar surface area (TPSA) is 30.7 Å². The molecule has 0 aliphatic rings. The molecule has 3 nitrogen and oxygen atoms in total. The fourth-order valence-corrected chi connectivity index (χ4v) is 3.71. The Labute approximate surface area is 161 Å². The zero-order valence-electron chi connectivity index (χ0n) is 17.3. The highest BCUT2D eigenvalue weighted by molar-refractivity contribution is 5.84. The SMILES string of the molecule is CCc1nc(C(C)C)ccc1-c1nc2c(C)cn([C@@H](CC)CF)c2cc1C. The Bertz CT molecular complexity index is 952. The molecular formula is C23H30FN3. The van der Waals surface area contributed by atoms with E-state index in [0.29, 0.717) is 5.92 Å². The van der Waals surface area contributed by atoms with E-state index in [9.17, 15) is 4.39 Å². The molecule has 4 heteroatoms. The molecule has 0 saturated carbocycles. The summed E-state index contributed by atoms with van der Waals surface area (Å²) in [4.78, 5) is 9.89. The molecule has 0 N–H and O–H groups in total. The third-order valence-electron chi connectivity index (χ3n) is 5.40. The lowest BCUT2D eigenvalue weighted by Gasteiger charge is -2.16. The minimum absolute atomic E-state index is 0.133. The Morgan fingerprint density at radius 1 is 1.07 bits per heavy atom. The van der Waals surface area contributed by atoms with E-state index < -0.39 is 0 Å². The summed E-state index contributed by atoms with van der Waals surface area (Å²) in [5, 5.41) is 0. The number of fused-ring (bicyclic) bond motifs is 1. The summed E-state index contributed by atoms with van der Waals surface area (Å²) in [7, 11) is 0. The van der Waals surface area contributed by atoms with Crippen LogP contribution in [0.3, 0.4) is 0 Å². The van der Waals surface area contributed by atoms with Gasteiger partial charge in [0.15, 0.2) is 0 Å². The summed E-state index contributed by atoms with van der Waals surface area (Å²) in [5.41, 5.74) is 8.45. The summed E-state index contributed by atoms with van der Waals surface area (Å²) < 4.78 is 15.5. The number of hydrogen-bond acceptors (Lipinski definition) is 2. The number of halogens is 1. The van der Waals surface area contributed by atoms with Crippen molar-refractivity contribution in [2.24, 2.45) is 0 Å². The fraction of sp³-hybridized carbons (Fsp3) is 0.478. The zero-order valence-corrected chi connectivity index (χ0v) is 17.3. The smallest absolute Gasteiger partial charge is 0.110 e. The van der Waals surface area contributed by atoms with Gasteiger partial charge in [-0.2, -0.15) is 0 Å². The van der Waals surface area contributed by atoms with Crippen molar-refractivity contribution in [3.8, 4) is 11.3 Å². The molecule has 3 heterocycles. The second kappa shape index (κ2) is 7.79. The summed E-state index contributed by atoms with van der Waals surface area (Å²) in [6.07, 6.45) is 3.67. The molecule has 0 aliphatic heterocycles. The molecular weight excluding hydrogens is 337 g/mol. The van der Waals surface area contributed by atoms with Gasteiger partial charge in [0.05, 0.1) is 22.8 Å². The highest BCUT2D eigenvalue weighted by Crippen LogP contribution is 2.32. The minimum atomic E-state index is -0.360. The first-order valence-corrected chi connectivity index (χ1v) is 9.96. The lowest BCUT2D eigenvalue weighted by molar-refractivity contribution is 0.355. The normalized spacial score (nSPS) is 12.9. The molecule has 3 aromatic heterocycles. The molecule has 27 heavy (non-hydrogen) atoms. The van der Waals surface area contributed by atoms with Crippen molar-refractivity contribution in [2.75, 3.05) is 6.67 Å². The molecule has 0 aromatic carbocycles. The molecule has 0 fully saturated rings. The Hall–Kier alpha value is -2.23. The van der Waals surface area contributed by atoms with Gasteiger partial charge in [-0.25, -0.2) is 9.37 Å². The predicted molar refractivity (Wildman–Crippen MR) is 111 cm³/mol. The van der Waals surface area contributed by atoms with Crippen LogP contribution in [0.4, 0.5) is 4.39 Å². The largest absolute Gasteiger partial charge is 0.340 e. The Kier molecular flexibility index (Phi) is 5.64. The second-order valence-corrected chi connectivity index (χ2v) is 7.70. The molecule has 0 radical (unpaired) electrons. The first kappa shape index (κ1) is 19.5. The van der Waals surface area contributed by atoms with Gasteiger partial charge in [0.25, 0.3) is 0 Å². The van der Waals surface area contributed by atoms with Crippen LogP contribution in [0.5, 0.6) is 0 Å². The van der Waals surface area contributed by atoms with E-state index in [1.807, 2.05) is 13.1 Å². The quantitative estimate of drug-likeness (QED) is 0.510. The molecule has 0 unspecified atom stereocenters. The maximum Gasteiger partial charge on any atom is 0.110 e. The first-order valence-electron chi connectivity index (χ1n) is 9.96. The van der Waals surface area contributed by atoms with Crippen LogP contribution in [-0.4, -0.2) is 21.2 Å². The van der Waals surface area contributed by atoms with Crippen LogP contribution in [-0.2, 0) is 6.42 Å². The average molecular weight is 368 g/mol. The number of hydrogen-bond donors (Lipinski definition) is 0. The summed E-state index contributed by atoms with van der Waals surface area (Å²) >= 11 is 0. The highest BCUT2D eigenvalue weighted by atomic mass is 19.1. The van der Waals surface area contributed by atoms with E-state index in [1.165, 1.54) is 0 Å². The van der Waals surface area contributed by atoms with Crippen LogP contribution in [0.2, 0.25) is 0 Å². The van der Waals surface area contributed by atoms with Crippen molar-refractivity contribution in [1.82, 2.24) is 14.5 Å². The maximum absolute atomic E-state index is 13.5. The second-order valence-electron chi connectivity index (χ2n) is 7.70. The van der Waals surface area contributed by atoms with Crippen LogP contribution in [0, 0.1) is 13.8 Å². The van der Waals surface area contributed by atoms with Crippen LogP contribution >= 0.6 is 0 Å². The Morgan fingerprint density at radius 3 is 2.41 bits per heavy atom. The van der Waals surface area contributed by atoms with E-state index in [1.54, 1.807) is 0 Å². The Balaban J connectivity index is 2.20. The van der Waals surface area contributed by atoms with Crippen molar-refractivity contribution in [3.63, 3.8) is 0 Å². The Morgan fingerprint density at radius 2 is 1.81 bits per heavy atom. The van der Waals surface area contributed by atoms with Gasteiger partial charge in [0, 0.05) is 23.1 Å². The lowest BCUT2D eigenvalue weighted by atomic mass is 10.0. The molecule has 0 saturated heterocycles. The van der Waals surface area contributed by atoms with E-state index in [0.717, 1.165) is 57.6 Å². The highest BCUT2D eigenvalue weighted by Gasteiger charge is 2.18. The predicted octanol–water partition coefficient (Wildman–Crippen LogP) is 6.32. The molecule has 144 valence electrons.